The van der Waals surface area contributed by atoms with Gasteiger partial charge in [-0.05, 0) is 50.4 Å². The highest BCUT2D eigenvalue weighted by molar-refractivity contribution is 6.14. The fourth-order valence-corrected chi connectivity index (χ4v) is 4.40. The quantitative estimate of drug-likeness (QED) is 0.524. The van der Waals surface area contributed by atoms with E-state index in [0.717, 1.165) is 53.7 Å². The number of H-pyrrole nitrogens is 1. The zero-order valence-corrected chi connectivity index (χ0v) is 19.2. The van der Waals surface area contributed by atoms with Gasteiger partial charge in [0, 0.05) is 22.9 Å². The lowest BCUT2D eigenvalue weighted by atomic mass is 9.94. The number of hydrogen-bond donors (Lipinski definition) is 2. The van der Waals surface area contributed by atoms with Crippen molar-refractivity contribution in [2.24, 2.45) is 11.8 Å². The van der Waals surface area contributed by atoms with Crippen LogP contribution in [-0.4, -0.2) is 47.3 Å². The molecule has 1 fully saturated rings. The number of para-hydroxylation sites is 1. The number of likely N-dealkylation sites (tertiary alicyclic amines) is 1. The predicted octanol–water partition coefficient (Wildman–Crippen LogP) is 4.89. The smallest absolute Gasteiger partial charge is 0.223 e. The van der Waals surface area contributed by atoms with Crippen molar-refractivity contribution in [2.75, 3.05) is 19.6 Å². The van der Waals surface area contributed by atoms with Gasteiger partial charge in [-0.25, -0.2) is 0 Å². The van der Waals surface area contributed by atoms with Crippen molar-refractivity contribution in [3.63, 3.8) is 0 Å². The van der Waals surface area contributed by atoms with Crippen LogP contribution in [0.1, 0.15) is 44.0 Å². The highest BCUT2D eigenvalue weighted by Crippen LogP contribution is 2.31. The standard InChI is InChI=1S/C27H33N3O2/c1-18(2)19(3)28-27(32)21-13-15-30(16-14-21)17-24(31)25-22-11-7-8-12-23(22)29-26(25)20-9-5-4-6-10-20/h4-12,18-19,21,29H,13-17H2,1-3H3,(H,28,32). The minimum atomic E-state index is 0.0375. The van der Waals surface area contributed by atoms with E-state index in [1.165, 1.54) is 0 Å². The second-order valence-corrected chi connectivity index (χ2v) is 9.30. The molecule has 0 bridgehead atoms. The van der Waals surface area contributed by atoms with Crippen molar-refractivity contribution < 1.29 is 9.59 Å². The Kier molecular flexibility index (Phi) is 6.75. The molecule has 2 N–H and O–H groups in total. The Morgan fingerprint density at radius 2 is 1.66 bits per heavy atom. The largest absolute Gasteiger partial charge is 0.354 e. The summed E-state index contributed by atoms with van der Waals surface area (Å²) < 4.78 is 0. The van der Waals surface area contributed by atoms with Crippen LogP contribution in [0.25, 0.3) is 22.2 Å². The van der Waals surface area contributed by atoms with Crippen LogP contribution in [0.3, 0.4) is 0 Å². The third-order valence-corrected chi connectivity index (χ3v) is 6.74. The van der Waals surface area contributed by atoms with Crippen molar-refractivity contribution in [3.8, 4) is 11.3 Å². The van der Waals surface area contributed by atoms with E-state index >= 15 is 0 Å². The van der Waals surface area contributed by atoms with Crippen LogP contribution >= 0.6 is 0 Å². The number of nitrogens with one attached hydrogen (secondary N) is 2. The van der Waals surface area contributed by atoms with Gasteiger partial charge >= 0.3 is 0 Å². The Morgan fingerprint density at radius 1 is 1.00 bits per heavy atom. The molecule has 0 aliphatic carbocycles. The van der Waals surface area contributed by atoms with Crippen LogP contribution in [0, 0.1) is 11.8 Å². The lowest BCUT2D eigenvalue weighted by Crippen LogP contribution is -2.45. The van der Waals surface area contributed by atoms with Crippen molar-refractivity contribution in [3.05, 3.63) is 60.2 Å². The van der Waals surface area contributed by atoms with Gasteiger partial charge in [-0.15, -0.1) is 0 Å². The average molecular weight is 432 g/mol. The molecule has 0 spiro atoms. The second-order valence-electron chi connectivity index (χ2n) is 9.30. The van der Waals surface area contributed by atoms with Crippen LogP contribution in [0.2, 0.25) is 0 Å². The van der Waals surface area contributed by atoms with E-state index < -0.39 is 0 Å². The van der Waals surface area contributed by atoms with Crippen LogP contribution < -0.4 is 5.32 Å². The lowest BCUT2D eigenvalue weighted by molar-refractivity contribution is -0.127. The van der Waals surface area contributed by atoms with Crippen molar-refractivity contribution in [2.45, 2.75) is 39.7 Å². The van der Waals surface area contributed by atoms with Gasteiger partial charge in [0.15, 0.2) is 5.78 Å². The number of Topliss-reactive ketones (excluding diaryl/α,β-unsaturated/α-hetero) is 1. The zero-order chi connectivity index (χ0) is 22.7. The Balaban J connectivity index is 1.46. The first-order chi connectivity index (χ1) is 15.4. The third-order valence-electron chi connectivity index (χ3n) is 6.74. The Bertz CT molecular complexity index is 1080. The number of carbonyl (C=O) groups excluding carboxylic acids is 2. The second kappa shape index (κ2) is 9.70. The number of nitrogens with zero attached hydrogens (tertiary/aromatic N) is 1. The first kappa shape index (κ1) is 22.3. The Labute approximate surface area is 190 Å². The van der Waals surface area contributed by atoms with Crippen LogP contribution in [0.5, 0.6) is 0 Å². The van der Waals surface area contributed by atoms with Gasteiger partial charge in [0.2, 0.25) is 5.91 Å². The molecule has 5 nitrogen and oxygen atoms in total. The van der Waals surface area contributed by atoms with Crippen LogP contribution in [-0.2, 0) is 4.79 Å². The van der Waals surface area contributed by atoms with Gasteiger partial charge < -0.3 is 10.3 Å². The molecule has 0 saturated carbocycles. The van der Waals surface area contributed by atoms with Crippen LogP contribution in [0.15, 0.2) is 54.6 Å². The molecule has 1 aromatic heterocycles. The Morgan fingerprint density at radius 3 is 2.34 bits per heavy atom. The number of fused-ring (bicyclic) bond motifs is 1. The predicted molar refractivity (Wildman–Crippen MR) is 130 cm³/mol. The van der Waals surface area contributed by atoms with E-state index in [1.54, 1.807) is 0 Å². The van der Waals surface area contributed by atoms with Gasteiger partial charge in [0.1, 0.15) is 0 Å². The van der Waals surface area contributed by atoms with Crippen LogP contribution in [0.4, 0.5) is 0 Å². The van der Waals surface area contributed by atoms with E-state index in [2.05, 4.69) is 36.0 Å². The summed E-state index contributed by atoms with van der Waals surface area (Å²) in [6, 6.07) is 18.2. The van der Waals surface area contributed by atoms with Gasteiger partial charge in [-0.2, -0.15) is 0 Å². The molecule has 5 heteroatoms. The van der Waals surface area contributed by atoms with E-state index in [9.17, 15) is 9.59 Å². The molecule has 2 heterocycles. The van der Waals surface area contributed by atoms with Crippen molar-refractivity contribution in [1.82, 2.24) is 15.2 Å². The molecule has 1 saturated heterocycles. The van der Waals surface area contributed by atoms with Gasteiger partial charge in [0.25, 0.3) is 0 Å². The number of rotatable bonds is 7. The fraction of sp³-hybridized carbons (Fsp3) is 0.407. The molecular weight excluding hydrogens is 398 g/mol. The molecule has 0 radical (unpaired) electrons. The van der Waals surface area contributed by atoms with Gasteiger partial charge in [-0.1, -0.05) is 62.4 Å². The minimum absolute atomic E-state index is 0.0375. The molecule has 1 unspecified atom stereocenters. The van der Waals surface area contributed by atoms with Gasteiger partial charge in [0.05, 0.1) is 17.8 Å². The maximum atomic E-state index is 13.5. The first-order valence-corrected chi connectivity index (χ1v) is 11.7. The molecular formula is C27H33N3O2. The summed E-state index contributed by atoms with van der Waals surface area (Å²) in [7, 11) is 0. The van der Waals surface area contributed by atoms with E-state index in [-0.39, 0.29) is 23.7 Å². The summed E-state index contributed by atoms with van der Waals surface area (Å²) in [5, 5.41) is 4.11. The molecule has 1 amide bonds. The highest BCUT2D eigenvalue weighted by Gasteiger charge is 2.28. The van der Waals surface area contributed by atoms with Crippen molar-refractivity contribution in [1.29, 1.82) is 0 Å². The van der Waals surface area contributed by atoms with E-state index in [1.807, 2.05) is 54.6 Å². The SMILES string of the molecule is CC(C)C(C)NC(=O)C1CCN(CC(=O)c2c(-c3ccccc3)[nH]c3ccccc23)CC1. The monoisotopic (exact) mass is 431 g/mol. The summed E-state index contributed by atoms with van der Waals surface area (Å²) in [6.07, 6.45) is 1.59. The highest BCUT2D eigenvalue weighted by atomic mass is 16.2. The summed E-state index contributed by atoms with van der Waals surface area (Å²) in [6.45, 7) is 8.20. The number of benzene rings is 2. The lowest BCUT2D eigenvalue weighted by Gasteiger charge is -2.31. The zero-order valence-electron chi connectivity index (χ0n) is 19.2. The molecule has 1 aliphatic heterocycles. The molecule has 1 aliphatic rings. The maximum Gasteiger partial charge on any atom is 0.223 e. The molecule has 3 aromatic rings. The molecule has 168 valence electrons. The number of hydrogen-bond acceptors (Lipinski definition) is 3. The van der Waals surface area contributed by atoms with E-state index in [0.29, 0.717) is 12.5 Å². The number of ketones is 1. The molecule has 4 rings (SSSR count). The summed E-state index contributed by atoms with van der Waals surface area (Å²) in [5.74, 6) is 0.736. The average Bonchev–Trinajstić information content (AvgIpc) is 3.20. The molecule has 1 atom stereocenters. The first-order valence-electron chi connectivity index (χ1n) is 11.7. The third kappa shape index (κ3) is 4.78. The minimum Gasteiger partial charge on any atom is -0.354 e. The topological polar surface area (TPSA) is 65.2 Å². The number of aromatic nitrogens is 1. The molecule has 32 heavy (non-hydrogen) atoms. The number of amides is 1. The molecule has 2 aromatic carbocycles. The van der Waals surface area contributed by atoms with Crippen molar-refractivity contribution >= 4 is 22.6 Å². The summed E-state index contributed by atoms with van der Waals surface area (Å²) in [4.78, 5) is 31.7. The number of aromatic amines is 1. The van der Waals surface area contributed by atoms with Gasteiger partial charge in [-0.3, -0.25) is 14.5 Å². The maximum absolute atomic E-state index is 13.5. The fourth-order valence-electron chi connectivity index (χ4n) is 4.40. The Hall–Kier alpha value is -2.92. The summed E-state index contributed by atoms with van der Waals surface area (Å²) in [5.41, 5.74) is 3.64. The summed E-state index contributed by atoms with van der Waals surface area (Å²) >= 11 is 0. The van der Waals surface area contributed by atoms with E-state index in [4.69, 9.17) is 0 Å². The number of piperidine rings is 1. The number of carbonyl (C=O) groups is 2. The normalized spacial score (nSPS) is 16.4.